The number of rotatable bonds is 10. The van der Waals surface area contributed by atoms with Crippen molar-refractivity contribution < 1.29 is 18.3 Å². The third kappa shape index (κ3) is 7.85. The molecule has 3 aliphatic rings. The molecule has 9 nitrogen and oxygen atoms in total. The summed E-state index contributed by atoms with van der Waals surface area (Å²) in [5.74, 6) is -0.371. The van der Waals surface area contributed by atoms with Gasteiger partial charge in [-0.3, -0.25) is 14.7 Å². The molecule has 2 saturated heterocycles. The van der Waals surface area contributed by atoms with E-state index in [1.807, 2.05) is 38.1 Å². The number of aromatic nitrogens is 4. The molecule has 1 aliphatic carbocycles. The highest BCUT2D eigenvalue weighted by molar-refractivity contribution is 5.98. The van der Waals surface area contributed by atoms with Crippen molar-refractivity contribution in [3.8, 4) is 11.3 Å². The number of likely N-dealkylation sites (tertiary alicyclic amines) is 1. The maximum Gasteiger partial charge on any atom is 0.251 e. The fourth-order valence-electron chi connectivity index (χ4n) is 7.69. The average molecular weight is 684 g/mol. The monoisotopic (exact) mass is 683 g/mol. The number of carbonyl (C=O) groups excluding carboxylic acids is 1. The molecular weight excluding hydrogens is 636 g/mol. The molecule has 2 atom stereocenters. The van der Waals surface area contributed by atoms with Crippen LogP contribution in [0.2, 0.25) is 0 Å². The molecule has 4 aromatic rings. The van der Waals surface area contributed by atoms with Crippen molar-refractivity contribution in [2.75, 3.05) is 52.5 Å². The molecule has 264 valence electrons. The first kappa shape index (κ1) is 34.5. The van der Waals surface area contributed by atoms with Crippen LogP contribution in [0.15, 0.2) is 55.0 Å². The van der Waals surface area contributed by atoms with Gasteiger partial charge in [-0.2, -0.15) is 10.2 Å². The van der Waals surface area contributed by atoms with E-state index in [4.69, 9.17) is 4.74 Å². The summed E-state index contributed by atoms with van der Waals surface area (Å²) in [7, 11) is 0. The Hall–Kier alpha value is -3.93. The Bertz CT molecular complexity index is 1780. The van der Waals surface area contributed by atoms with E-state index in [1.54, 1.807) is 24.7 Å². The Balaban J connectivity index is 1.07. The van der Waals surface area contributed by atoms with Gasteiger partial charge >= 0.3 is 0 Å². The van der Waals surface area contributed by atoms with Crippen LogP contribution in [0.4, 0.5) is 8.78 Å². The quantitative estimate of drug-likeness (QED) is 0.218. The molecule has 2 fully saturated rings. The molecule has 1 aromatic carbocycles. The van der Waals surface area contributed by atoms with E-state index in [1.165, 1.54) is 6.07 Å². The summed E-state index contributed by atoms with van der Waals surface area (Å²) >= 11 is 0. The lowest BCUT2D eigenvalue weighted by molar-refractivity contribution is 0.0244. The van der Waals surface area contributed by atoms with Crippen LogP contribution in [-0.4, -0.2) is 94.0 Å². The summed E-state index contributed by atoms with van der Waals surface area (Å²) in [4.78, 5) is 28.1. The van der Waals surface area contributed by atoms with Crippen LogP contribution in [0.3, 0.4) is 0 Å². The number of ether oxygens (including phenoxy) is 1. The van der Waals surface area contributed by atoms with Crippen molar-refractivity contribution in [2.24, 2.45) is 11.8 Å². The van der Waals surface area contributed by atoms with E-state index in [-0.39, 0.29) is 35.4 Å². The number of fused-ring (bicyclic) bond motifs is 2. The Labute approximate surface area is 292 Å². The molecule has 0 radical (unpaired) electrons. The number of aryl methyl sites for hydroxylation is 1. The van der Waals surface area contributed by atoms with Gasteiger partial charge in [0.2, 0.25) is 0 Å². The number of alkyl halides is 1. The van der Waals surface area contributed by atoms with Crippen LogP contribution >= 0.6 is 0 Å². The van der Waals surface area contributed by atoms with Crippen molar-refractivity contribution >= 4 is 16.8 Å². The van der Waals surface area contributed by atoms with Crippen molar-refractivity contribution in [3.63, 3.8) is 0 Å². The molecule has 0 spiro atoms. The summed E-state index contributed by atoms with van der Waals surface area (Å²) in [6, 6.07) is 10.2. The van der Waals surface area contributed by atoms with Gasteiger partial charge in [0, 0.05) is 61.0 Å². The highest BCUT2D eigenvalue weighted by atomic mass is 19.1. The third-order valence-electron chi connectivity index (χ3n) is 11.0. The Kier molecular flexibility index (Phi) is 10.4. The van der Waals surface area contributed by atoms with E-state index in [0.717, 1.165) is 93.4 Å². The number of hydrogen-bond donors (Lipinski definition) is 1. The number of carbonyl (C=O) groups is 1. The number of pyridine rings is 2. The van der Waals surface area contributed by atoms with Crippen molar-refractivity contribution in [1.29, 1.82) is 0 Å². The molecule has 7 rings (SSSR count). The highest BCUT2D eigenvalue weighted by Gasteiger charge is 2.38. The van der Waals surface area contributed by atoms with Gasteiger partial charge in [-0.1, -0.05) is 19.9 Å². The fourth-order valence-corrected chi connectivity index (χ4v) is 7.69. The van der Waals surface area contributed by atoms with Gasteiger partial charge in [0.25, 0.3) is 5.91 Å². The van der Waals surface area contributed by atoms with Gasteiger partial charge in [0.05, 0.1) is 37.3 Å². The second-order valence-corrected chi connectivity index (χ2v) is 14.6. The Morgan fingerprint density at radius 3 is 2.58 bits per heavy atom. The van der Waals surface area contributed by atoms with E-state index < -0.39 is 11.5 Å². The molecule has 50 heavy (non-hydrogen) atoms. The van der Waals surface area contributed by atoms with Gasteiger partial charge in [0.1, 0.15) is 17.0 Å². The van der Waals surface area contributed by atoms with E-state index in [0.29, 0.717) is 30.6 Å². The first-order valence-electron chi connectivity index (χ1n) is 18.1. The summed E-state index contributed by atoms with van der Waals surface area (Å²) in [6.45, 7) is 11.5. The smallest absolute Gasteiger partial charge is 0.251 e. The maximum absolute atomic E-state index is 15.6. The van der Waals surface area contributed by atoms with Crippen LogP contribution in [0, 0.1) is 17.7 Å². The molecule has 5 heterocycles. The maximum atomic E-state index is 15.6. The van der Waals surface area contributed by atoms with Crippen LogP contribution in [-0.2, 0) is 17.6 Å². The molecule has 1 amide bonds. The normalized spacial score (nSPS) is 21.3. The molecular formula is C39H47F2N7O2. The van der Waals surface area contributed by atoms with Crippen molar-refractivity contribution in [1.82, 2.24) is 35.3 Å². The van der Waals surface area contributed by atoms with Gasteiger partial charge < -0.3 is 15.0 Å². The minimum absolute atomic E-state index is 0.136. The lowest BCUT2D eigenvalue weighted by atomic mass is 9.77. The first-order valence-corrected chi connectivity index (χ1v) is 18.1. The van der Waals surface area contributed by atoms with Crippen LogP contribution < -0.4 is 5.32 Å². The lowest BCUT2D eigenvalue weighted by Crippen LogP contribution is -2.43. The van der Waals surface area contributed by atoms with Crippen LogP contribution in [0.5, 0.6) is 0 Å². The van der Waals surface area contributed by atoms with Gasteiger partial charge in [-0.05, 0) is 98.5 Å². The second-order valence-electron chi connectivity index (χ2n) is 14.6. The number of benzene rings is 1. The van der Waals surface area contributed by atoms with E-state index >= 15 is 8.78 Å². The SMILES string of the molecule is CC(C)C1(F)CCc2nc3c(F)cc(C(=O)NC(CCN4CCC(CN5CCOCC5)CC4)c4ccc(-c5ccnnc5)nc4)cc3cc2C1. The summed E-state index contributed by atoms with van der Waals surface area (Å²) in [5, 5.41) is 11.5. The van der Waals surface area contributed by atoms with Crippen LogP contribution in [0.1, 0.15) is 72.8 Å². The van der Waals surface area contributed by atoms with Gasteiger partial charge in [0.15, 0.2) is 0 Å². The zero-order chi connectivity index (χ0) is 34.7. The molecule has 2 aliphatic heterocycles. The largest absolute Gasteiger partial charge is 0.379 e. The minimum atomic E-state index is -1.32. The second kappa shape index (κ2) is 15.1. The predicted molar refractivity (Wildman–Crippen MR) is 189 cm³/mol. The molecule has 1 N–H and O–H groups in total. The number of piperidine rings is 1. The lowest BCUT2D eigenvalue weighted by Gasteiger charge is -2.36. The zero-order valence-electron chi connectivity index (χ0n) is 29.1. The Morgan fingerprint density at radius 2 is 1.86 bits per heavy atom. The zero-order valence-corrected chi connectivity index (χ0v) is 29.1. The van der Waals surface area contributed by atoms with E-state index in [9.17, 15) is 4.79 Å². The molecule has 0 saturated carbocycles. The number of nitrogens with zero attached hydrogens (tertiary/aromatic N) is 6. The summed E-state index contributed by atoms with van der Waals surface area (Å²) in [5.41, 5.74) is 3.13. The standard InChI is InChI=1S/C39H47F2N7O2/c1-26(2)39(41)10-5-35-32(22-39)20-30-19-31(21-33(40)37(30)45-35)38(49)46-36(28-3-4-34(42-23-28)29-6-11-43-44-24-29)9-14-47-12-7-27(8-13-47)25-48-15-17-50-18-16-48/h3-4,6,11,19-21,23-24,26-27,36H,5,7-10,12-18,22,25H2,1-2H3,(H,46,49). The van der Waals surface area contributed by atoms with Gasteiger partial charge in [-0.15, -0.1) is 0 Å². The molecule has 3 aromatic heterocycles. The average Bonchev–Trinajstić information content (AvgIpc) is 3.14. The third-order valence-corrected chi connectivity index (χ3v) is 11.0. The Morgan fingerprint density at radius 1 is 1.04 bits per heavy atom. The first-order chi connectivity index (χ1) is 24.2. The molecule has 11 heteroatoms. The van der Waals surface area contributed by atoms with E-state index in [2.05, 4.69) is 35.3 Å². The fraction of sp³-hybridized carbons (Fsp3) is 0.513. The highest BCUT2D eigenvalue weighted by Crippen LogP contribution is 2.38. The predicted octanol–water partition coefficient (Wildman–Crippen LogP) is 5.98. The topological polar surface area (TPSA) is 96.4 Å². The molecule has 0 bridgehead atoms. The van der Waals surface area contributed by atoms with Gasteiger partial charge in [-0.25, -0.2) is 13.8 Å². The van der Waals surface area contributed by atoms with Crippen LogP contribution in [0.25, 0.3) is 22.2 Å². The number of nitrogens with one attached hydrogen (secondary N) is 1. The number of halogens is 2. The minimum Gasteiger partial charge on any atom is -0.379 e. The summed E-state index contributed by atoms with van der Waals surface area (Å²) < 4.78 is 36.7. The molecule has 2 unspecified atom stereocenters. The number of hydrogen-bond acceptors (Lipinski definition) is 8. The van der Waals surface area contributed by atoms with Crippen molar-refractivity contribution in [2.45, 2.75) is 64.1 Å². The summed E-state index contributed by atoms with van der Waals surface area (Å²) in [6.07, 6.45) is 9.16. The number of morpholine rings is 1. The van der Waals surface area contributed by atoms with Crippen molar-refractivity contribution in [3.05, 3.63) is 83.2 Å². The number of amides is 1.